The molecule has 1 saturated heterocycles. The standard InChI is InChI=1S/C17H21N3O2/c1-17(2)10-20(14-6-3-5-11(14)17)16(21)13-9-12(18-19-13)15-7-4-8-22-15/h4,7-9,11,14H,3,5-6,10H2,1-2H3,(H,18,19)/t11-,14+/m0/s1. The second kappa shape index (κ2) is 4.73. The second-order valence-electron chi connectivity index (χ2n) is 7.17. The van der Waals surface area contributed by atoms with Crippen LogP contribution < -0.4 is 0 Å². The van der Waals surface area contributed by atoms with E-state index in [1.807, 2.05) is 17.0 Å². The Morgan fingerprint density at radius 1 is 1.45 bits per heavy atom. The highest BCUT2D eigenvalue weighted by atomic mass is 16.3. The largest absolute Gasteiger partial charge is 0.463 e. The summed E-state index contributed by atoms with van der Waals surface area (Å²) in [5, 5.41) is 7.10. The molecule has 0 aromatic carbocycles. The van der Waals surface area contributed by atoms with Gasteiger partial charge in [0, 0.05) is 18.7 Å². The SMILES string of the molecule is CC1(C)CN(C(=O)c2cc(-c3ccco3)[nH]n2)[C@@H]2CCC[C@@H]21. The molecule has 4 rings (SSSR count). The number of nitrogens with zero attached hydrogens (tertiary/aromatic N) is 2. The van der Waals surface area contributed by atoms with E-state index in [0.29, 0.717) is 23.4 Å². The number of fused-ring (bicyclic) bond motifs is 1. The van der Waals surface area contributed by atoms with Crippen molar-refractivity contribution in [3.8, 4) is 11.5 Å². The van der Waals surface area contributed by atoms with Crippen molar-refractivity contribution in [2.75, 3.05) is 6.54 Å². The number of aromatic amines is 1. The molecule has 1 amide bonds. The molecule has 3 heterocycles. The second-order valence-corrected chi connectivity index (χ2v) is 7.17. The van der Waals surface area contributed by atoms with Crippen molar-refractivity contribution in [1.82, 2.24) is 15.1 Å². The maximum Gasteiger partial charge on any atom is 0.274 e. The quantitative estimate of drug-likeness (QED) is 0.925. The molecule has 116 valence electrons. The van der Waals surface area contributed by atoms with Crippen molar-refractivity contribution in [3.05, 3.63) is 30.2 Å². The van der Waals surface area contributed by atoms with E-state index in [9.17, 15) is 4.79 Å². The number of carbonyl (C=O) groups is 1. The van der Waals surface area contributed by atoms with E-state index >= 15 is 0 Å². The lowest BCUT2D eigenvalue weighted by molar-refractivity contribution is 0.0716. The molecule has 2 fully saturated rings. The van der Waals surface area contributed by atoms with Gasteiger partial charge in [0.25, 0.3) is 5.91 Å². The molecule has 2 aliphatic rings. The third kappa shape index (κ3) is 1.99. The van der Waals surface area contributed by atoms with Gasteiger partial charge in [-0.3, -0.25) is 9.89 Å². The number of nitrogens with one attached hydrogen (secondary N) is 1. The van der Waals surface area contributed by atoms with E-state index in [1.54, 1.807) is 12.3 Å². The molecule has 5 nitrogen and oxygen atoms in total. The van der Waals surface area contributed by atoms with E-state index in [2.05, 4.69) is 24.0 Å². The maximum atomic E-state index is 12.9. The van der Waals surface area contributed by atoms with Crippen molar-refractivity contribution in [3.63, 3.8) is 0 Å². The van der Waals surface area contributed by atoms with Crippen LogP contribution >= 0.6 is 0 Å². The third-order valence-corrected chi connectivity index (χ3v) is 5.31. The number of furan rings is 1. The molecule has 0 spiro atoms. The number of amides is 1. The molecule has 0 radical (unpaired) electrons. The molecule has 2 aromatic heterocycles. The highest BCUT2D eigenvalue weighted by Gasteiger charge is 2.50. The fourth-order valence-corrected chi connectivity index (χ4v) is 4.26. The number of carbonyl (C=O) groups excluding carboxylic acids is 1. The fraction of sp³-hybridized carbons (Fsp3) is 0.529. The molecule has 2 aromatic rings. The molecule has 5 heteroatoms. The molecule has 0 bridgehead atoms. The molecule has 2 atom stereocenters. The number of rotatable bonds is 2. The molecule has 22 heavy (non-hydrogen) atoms. The Labute approximate surface area is 129 Å². The fourth-order valence-electron chi connectivity index (χ4n) is 4.26. The topological polar surface area (TPSA) is 62.1 Å². The maximum absolute atomic E-state index is 12.9. The number of hydrogen-bond donors (Lipinski definition) is 1. The van der Waals surface area contributed by atoms with Crippen LogP contribution in [-0.4, -0.2) is 33.6 Å². The first kappa shape index (κ1) is 13.6. The summed E-state index contributed by atoms with van der Waals surface area (Å²) in [4.78, 5) is 14.9. The van der Waals surface area contributed by atoms with Crippen LogP contribution in [0.2, 0.25) is 0 Å². The zero-order valence-electron chi connectivity index (χ0n) is 13.0. The Kier molecular flexibility index (Phi) is 2.93. The van der Waals surface area contributed by atoms with Gasteiger partial charge in [-0.05, 0) is 36.3 Å². The van der Waals surface area contributed by atoms with Gasteiger partial charge in [-0.15, -0.1) is 0 Å². The zero-order chi connectivity index (χ0) is 15.3. The minimum absolute atomic E-state index is 0.0385. The van der Waals surface area contributed by atoms with Crippen LogP contribution in [0.5, 0.6) is 0 Å². The molecule has 1 saturated carbocycles. The molecular weight excluding hydrogens is 278 g/mol. The van der Waals surface area contributed by atoms with Crippen LogP contribution in [0.1, 0.15) is 43.6 Å². The van der Waals surface area contributed by atoms with E-state index in [0.717, 1.165) is 18.7 Å². The van der Waals surface area contributed by atoms with Crippen LogP contribution in [0.15, 0.2) is 28.9 Å². The summed E-state index contributed by atoms with van der Waals surface area (Å²) in [6.07, 6.45) is 5.19. The minimum atomic E-state index is 0.0385. The monoisotopic (exact) mass is 299 g/mol. The molecule has 1 aliphatic heterocycles. The van der Waals surface area contributed by atoms with E-state index in [4.69, 9.17) is 4.42 Å². The Hall–Kier alpha value is -2.04. The summed E-state index contributed by atoms with van der Waals surface area (Å²) in [6, 6.07) is 5.85. The van der Waals surface area contributed by atoms with E-state index < -0.39 is 0 Å². The number of H-pyrrole nitrogens is 1. The first-order chi connectivity index (χ1) is 10.6. The summed E-state index contributed by atoms with van der Waals surface area (Å²) >= 11 is 0. The Balaban J connectivity index is 1.60. The Bertz CT molecular complexity index is 687. The van der Waals surface area contributed by atoms with Gasteiger partial charge in [-0.25, -0.2) is 0 Å². The van der Waals surface area contributed by atoms with Crippen LogP contribution in [-0.2, 0) is 0 Å². The summed E-state index contributed by atoms with van der Waals surface area (Å²) in [5.74, 6) is 1.36. The van der Waals surface area contributed by atoms with Gasteiger partial charge in [0.05, 0.1) is 6.26 Å². The first-order valence-electron chi connectivity index (χ1n) is 7.96. The lowest BCUT2D eigenvalue weighted by atomic mass is 9.80. The number of aromatic nitrogens is 2. The van der Waals surface area contributed by atoms with Crippen LogP contribution in [0.25, 0.3) is 11.5 Å². The lowest BCUT2D eigenvalue weighted by Gasteiger charge is -2.23. The van der Waals surface area contributed by atoms with Crippen molar-refractivity contribution < 1.29 is 9.21 Å². The van der Waals surface area contributed by atoms with Gasteiger partial charge in [0.2, 0.25) is 0 Å². The summed E-state index contributed by atoms with van der Waals surface area (Å²) < 4.78 is 5.34. The van der Waals surface area contributed by atoms with Crippen LogP contribution in [0.3, 0.4) is 0 Å². The van der Waals surface area contributed by atoms with Gasteiger partial charge in [0.1, 0.15) is 5.69 Å². The van der Waals surface area contributed by atoms with Crippen molar-refractivity contribution in [2.24, 2.45) is 11.3 Å². The normalized spacial score (nSPS) is 26.4. The smallest absolute Gasteiger partial charge is 0.274 e. The Morgan fingerprint density at radius 3 is 3.09 bits per heavy atom. The van der Waals surface area contributed by atoms with Crippen LogP contribution in [0.4, 0.5) is 0 Å². The highest BCUT2D eigenvalue weighted by molar-refractivity contribution is 5.93. The van der Waals surface area contributed by atoms with Gasteiger partial charge in [-0.1, -0.05) is 20.3 Å². The molecule has 1 N–H and O–H groups in total. The summed E-state index contributed by atoms with van der Waals surface area (Å²) in [7, 11) is 0. The van der Waals surface area contributed by atoms with Crippen molar-refractivity contribution >= 4 is 5.91 Å². The van der Waals surface area contributed by atoms with Gasteiger partial charge >= 0.3 is 0 Å². The molecular formula is C17H21N3O2. The molecule has 1 aliphatic carbocycles. The zero-order valence-corrected chi connectivity index (χ0v) is 13.0. The lowest BCUT2D eigenvalue weighted by Crippen LogP contribution is -2.36. The Morgan fingerprint density at radius 2 is 2.32 bits per heavy atom. The molecule has 0 unspecified atom stereocenters. The predicted molar refractivity (Wildman–Crippen MR) is 82.2 cm³/mol. The number of hydrogen-bond acceptors (Lipinski definition) is 3. The van der Waals surface area contributed by atoms with Crippen molar-refractivity contribution in [2.45, 2.75) is 39.2 Å². The van der Waals surface area contributed by atoms with E-state index in [-0.39, 0.29) is 11.3 Å². The van der Waals surface area contributed by atoms with Crippen molar-refractivity contribution in [1.29, 1.82) is 0 Å². The average Bonchev–Trinajstić information content (AvgIpc) is 3.25. The van der Waals surface area contributed by atoms with Gasteiger partial charge in [-0.2, -0.15) is 5.10 Å². The predicted octanol–water partition coefficient (Wildman–Crippen LogP) is 3.32. The average molecular weight is 299 g/mol. The summed E-state index contributed by atoms with van der Waals surface area (Å²) in [5.41, 5.74) is 1.43. The highest BCUT2D eigenvalue weighted by Crippen LogP contribution is 2.48. The minimum Gasteiger partial charge on any atom is -0.463 e. The number of likely N-dealkylation sites (tertiary alicyclic amines) is 1. The van der Waals surface area contributed by atoms with Crippen LogP contribution in [0, 0.1) is 11.3 Å². The van der Waals surface area contributed by atoms with Gasteiger partial charge < -0.3 is 9.32 Å². The first-order valence-corrected chi connectivity index (χ1v) is 7.96. The van der Waals surface area contributed by atoms with Gasteiger partial charge in [0.15, 0.2) is 11.5 Å². The third-order valence-electron chi connectivity index (χ3n) is 5.31. The summed E-state index contributed by atoms with van der Waals surface area (Å²) in [6.45, 7) is 5.38. The van der Waals surface area contributed by atoms with E-state index in [1.165, 1.54) is 12.8 Å².